The number of benzene rings is 2. The van der Waals surface area contributed by atoms with Crippen molar-refractivity contribution in [3.63, 3.8) is 0 Å². The second kappa shape index (κ2) is 6.34. The van der Waals surface area contributed by atoms with Crippen molar-refractivity contribution in [1.82, 2.24) is 0 Å². The first-order chi connectivity index (χ1) is 10.9. The van der Waals surface area contributed by atoms with Crippen molar-refractivity contribution in [2.24, 2.45) is 0 Å². The number of fused-ring (bicyclic) bond motifs is 1. The molecule has 0 aromatic heterocycles. The van der Waals surface area contributed by atoms with Gasteiger partial charge in [-0.25, -0.2) is 0 Å². The van der Waals surface area contributed by atoms with E-state index in [1.54, 1.807) is 24.3 Å². The van der Waals surface area contributed by atoms with E-state index in [0.717, 1.165) is 23.3 Å². The minimum absolute atomic E-state index is 0.130. The second-order valence-electron chi connectivity index (χ2n) is 5.91. The van der Waals surface area contributed by atoms with Gasteiger partial charge in [0.05, 0.1) is 11.5 Å². The van der Waals surface area contributed by atoms with E-state index in [9.17, 15) is 8.42 Å². The summed E-state index contributed by atoms with van der Waals surface area (Å²) in [7, 11) is -3.69. The van der Waals surface area contributed by atoms with Gasteiger partial charge in [-0.1, -0.05) is 29.8 Å². The van der Waals surface area contributed by atoms with E-state index in [0.29, 0.717) is 6.42 Å². The van der Waals surface area contributed by atoms with Gasteiger partial charge in [0.15, 0.2) is 0 Å². The Hall–Kier alpha value is -1.85. The van der Waals surface area contributed by atoms with Gasteiger partial charge in [-0.05, 0) is 49.6 Å². The van der Waals surface area contributed by atoms with Crippen molar-refractivity contribution in [2.75, 3.05) is 6.61 Å². The van der Waals surface area contributed by atoms with E-state index in [1.165, 1.54) is 5.56 Å². The lowest BCUT2D eigenvalue weighted by molar-refractivity contribution is 0.254. The first-order valence-corrected chi connectivity index (χ1v) is 9.09. The predicted octanol–water partition coefficient (Wildman–Crippen LogP) is 3.27. The third kappa shape index (κ3) is 3.74. The van der Waals surface area contributed by atoms with Crippen LogP contribution in [0, 0.1) is 6.92 Å². The number of ether oxygens (including phenoxy) is 1. The standard InChI is InChI=1S/C18H20O4S/c1-13-3-6-17(7-4-13)23(19,20)21-10-9-15-5-8-18-16(12-15)11-14(2)22-18/h3-8,12,14H,9-11H2,1-2H3. The largest absolute Gasteiger partial charge is 0.490 e. The molecule has 0 saturated heterocycles. The number of hydrogen-bond donors (Lipinski definition) is 0. The molecule has 0 aliphatic carbocycles. The van der Waals surface area contributed by atoms with Crippen molar-refractivity contribution in [3.05, 3.63) is 59.2 Å². The normalized spacial score (nSPS) is 16.9. The Morgan fingerprint density at radius 2 is 1.91 bits per heavy atom. The summed E-state index contributed by atoms with van der Waals surface area (Å²) in [5.41, 5.74) is 3.25. The first-order valence-electron chi connectivity index (χ1n) is 7.68. The van der Waals surface area contributed by atoms with Crippen LogP contribution < -0.4 is 4.74 Å². The van der Waals surface area contributed by atoms with Gasteiger partial charge >= 0.3 is 0 Å². The topological polar surface area (TPSA) is 52.6 Å². The van der Waals surface area contributed by atoms with Gasteiger partial charge in [-0.15, -0.1) is 0 Å². The third-order valence-electron chi connectivity index (χ3n) is 3.90. The van der Waals surface area contributed by atoms with E-state index in [2.05, 4.69) is 6.07 Å². The van der Waals surface area contributed by atoms with Gasteiger partial charge in [0, 0.05) is 6.42 Å². The van der Waals surface area contributed by atoms with Crippen LogP contribution in [0.4, 0.5) is 0 Å². The maximum Gasteiger partial charge on any atom is 0.296 e. The van der Waals surface area contributed by atoms with Crippen molar-refractivity contribution >= 4 is 10.1 Å². The van der Waals surface area contributed by atoms with Gasteiger partial charge < -0.3 is 4.74 Å². The maximum atomic E-state index is 12.1. The average molecular weight is 332 g/mol. The summed E-state index contributed by atoms with van der Waals surface area (Å²) >= 11 is 0. The van der Waals surface area contributed by atoms with Gasteiger partial charge in [-0.3, -0.25) is 4.18 Å². The predicted molar refractivity (Wildman–Crippen MR) is 88.3 cm³/mol. The molecule has 0 radical (unpaired) electrons. The quantitative estimate of drug-likeness (QED) is 0.789. The summed E-state index contributed by atoms with van der Waals surface area (Å²) in [6, 6.07) is 12.6. The maximum absolute atomic E-state index is 12.1. The molecule has 0 fully saturated rings. The zero-order valence-corrected chi connectivity index (χ0v) is 14.1. The summed E-state index contributed by atoms with van der Waals surface area (Å²) in [4.78, 5) is 0.194. The lowest BCUT2D eigenvalue weighted by Gasteiger charge is -2.07. The number of hydrogen-bond acceptors (Lipinski definition) is 4. The molecule has 1 unspecified atom stereocenters. The van der Waals surface area contributed by atoms with Crippen molar-refractivity contribution in [1.29, 1.82) is 0 Å². The fourth-order valence-corrected chi connectivity index (χ4v) is 3.58. The second-order valence-corrected chi connectivity index (χ2v) is 7.53. The molecule has 1 aliphatic rings. The molecule has 3 rings (SSSR count). The summed E-state index contributed by atoms with van der Waals surface area (Å²) in [5, 5.41) is 0. The fourth-order valence-electron chi connectivity index (χ4n) is 2.67. The Balaban J connectivity index is 1.61. The van der Waals surface area contributed by atoms with Crippen molar-refractivity contribution < 1.29 is 17.3 Å². The molecule has 23 heavy (non-hydrogen) atoms. The molecule has 2 aromatic carbocycles. The third-order valence-corrected chi connectivity index (χ3v) is 5.23. The minimum Gasteiger partial charge on any atom is -0.490 e. The van der Waals surface area contributed by atoms with Crippen LogP contribution in [0.1, 0.15) is 23.6 Å². The van der Waals surface area contributed by atoms with Crippen LogP contribution >= 0.6 is 0 Å². The zero-order chi connectivity index (χ0) is 16.4. The van der Waals surface area contributed by atoms with E-state index in [1.807, 2.05) is 26.0 Å². The zero-order valence-electron chi connectivity index (χ0n) is 13.3. The molecule has 4 nitrogen and oxygen atoms in total. The Bertz CT molecular complexity index is 794. The van der Waals surface area contributed by atoms with Crippen LogP contribution in [0.25, 0.3) is 0 Å². The van der Waals surface area contributed by atoms with Crippen LogP contribution in [0.3, 0.4) is 0 Å². The van der Waals surface area contributed by atoms with Crippen molar-refractivity contribution in [3.8, 4) is 5.75 Å². The molecule has 0 N–H and O–H groups in total. The summed E-state index contributed by atoms with van der Waals surface area (Å²) in [6.07, 6.45) is 1.65. The van der Waals surface area contributed by atoms with Crippen LogP contribution in [0.2, 0.25) is 0 Å². The van der Waals surface area contributed by atoms with Gasteiger partial charge in [0.2, 0.25) is 0 Å². The molecule has 1 aliphatic heterocycles. The molecule has 0 saturated carbocycles. The van der Waals surface area contributed by atoms with Crippen LogP contribution in [-0.4, -0.2) is 21.1 Å². The first kappa shape index (κ1) is 16.0. The SMILES string of the molecule is Cc1ccc(S(=O)(=O)OCCc2ccc3c(c2)CC(C)O3)cc1. The lowest BCUT2D eigenvalue weighted by Crippen LogP contribution is -2.09. The highest BCUT2D eigenvalue weighted by atomic mass is 32.2. The highest BCUT2D eigenvalue weighted by Gasteiger charge is 2.19. The summed E-state index contributed by atoms with van der Waals surface area (Å²) in [6.45, 7) is 4.08. The molecule has 5 heteroatoms. The highest BCUT2D eigenvalue weighted by Crippen LogP contribution is 2.29. The highest BCUT2D eigenvalue weighted by molar-refractivity contribution is 7.86. The number of rotatable bonds is 5. The number of aryl methyl sites for hydroxylation is 1. The molecule has 0 spiro atoms. The van der Waals surface area contributed by atoms with Crippen LogP contribution in [0.15, 0.2) is 47.4 Å². The van der Waals surface area contributed by atoms with Crippen LogP contribution in [-0.2, 0) is 27.1 Å². The van der Waals surface area contributed by atoms with E-state index < -0.39 is 10.1 Å². The average Bonchev–Trinajstić information content (AvgIpc) is 2.87. The molecule has 2 aromatic rings. The molecular weight excluding hydrogens is 312 g/mol. The van der Waals surface area contributed by atoms with E-state index >= 15 is 0 Å². The molecule has 1 atom stereocenters. The van der Waals surface area contributed by atoms with E-state index in [-0.39, 0.29) is 17.6 Å². The molecule has 122 valence electrons. The smallest absolute Gasteiger partial charge is 0.296 e. The van der Waals surface area contributed by atoms with Crippen molar-refractivity contribution in [2.45, 2.75) is 37.7 Å². The fraction of sp³-hybridized carbons (Fsp3) is 0.333. The Labute approximate surface area is 137 Å². The van der Waals surface area contributed by atoms with Gasteiger partial charge in [-0.2, -0.15) is 8.42 Å². The van der Waals surface area contributed by atoms with Crippen LogP contribution in [0.5, 0.6) is 5.75 Å². The van der Waals surface area contributed by atoms with Gasteiger partial charge in [0.1, 0.15) is 11.9 Å². The molecule has 0 amide bonds. The minimum atomic E-state index is -3.69. The molecule has 0 bridgehead atoms. The van der Waals surface area contributed by atoms with Gasteiger partial charge in [0.25, 0.3) is 10.1 Å². The summed E-state index contributed by atoms with van der Waals surface area (Å²) < 4.78 is 35.0. The lowest BCUT2D eigenvalue weighted by atomic mass is 10.1. The Morgan fingerprint density at radius 3 is 2.65 bits per heavy atom. The monoisotopic (exact) mass is 332 g/mol. The van der Waals surface area contributed by atoms with E-state index in [4.69, 9.17) is 8.92 Å². The Kier molecular flexibility index (Phi) is 4.41. The summed E-state index contributed by atoms with van der Waals surface area (Å²) in [5.74, 6) is 0.925. The Morgan fingerprint density at radius 1 is 1.17 bits per heavy atom. The molecule has 1 heterocycles. The molecular formula is C18H20O4S.